The van der Waals surface area contributed by atoms with E-state index in [0.717, 1.165) is 22.3 Å². The molecule has 0 aliphatic heterocycles. The van der Waals surface area contributed by atoms with Crippen LogP contribution in [0, 0.1) is 0 Å². The van der Waals surface area contributed by atoms with E-state index >= 15 is 0 Å². The lowest BCUT2D eigenvalue weighted by Gasteiger charge is -2.08. The summed E-state index contributed by atoms with van der Waals surface area (Å²) in [5.74, 6) is 1.80. The van der Waals surface area contributed by atoms with Gasteiger partial charge in [-0.05, 0) is 18.2 Å². The minimum absolute atomic E-state index is 0.366. The maximum atomic E-state index is 5.87. The Morgan fingerprint density at radius 3 is 2.79 bits per heavy atom. The summed E-state index contributed by atoms with van der Waals surface area (Å²) in [6.07, 6.45) is 3.44. The highest BCUT2D eigenvalue weighted by Crippen LogP contribution is 2.28. The Morgan fingerprint density at radius 2 is 1.89 bits per heavy atom. The summed E-state index contributed by atoms with van der Waals surface area (Å²) in [7, 11) is 0. The summed E-state index contributed by atoms with van der Waals surface area (Å²) in [6, 6.07) is 13.4. The van der Waals surface area contributed by atoms with Gasteiger partial charge in [0.2, 0.25) is 0 Å². The number of nitrogens with zero attached hydrogens (tertiary/aromatic N) is 2. The van der Waals surface area contributed by atoms with Crippen LogP contribution in [0.15, 0.2) is 54.9 Å². The maximum Gasteiger partial charge on any atom is 0.153 e. The molecule has 19 heavy (non-hydrogen) atoms. The molecule has 0 radical (unpaired) electrons. The van der Waals surface area contributed by atoms with Gasteiger partial charge in [-0.25, -0.2) is 0 Å². The average molecular weight is 271 g/mol. The summed E-state index contributed by atoms with van der Waals surface area (Å²) < 4.78 is 5.87. The fourth-order valence-electron chi connectivity index (χ4n) is 1.88. The van der Waals surface area contributed by atoms with Crippen LogP contribution in [-0.2, 0) is 5.88 Å². The number of pyridine rings is 2. The molecule has 0 saturated heterocycles. The molecule has 0 amide bonds. The molecule has 0 spiro atoms. The van der Waals surface area contributed by atoms with Crippen LogP contribution >= 0.6 is 11.6 Å². The molecule has 0 bridgehead atoms. The standard InChI is InChI=1S/C15H11ClN2O/c16-10-12-9-13(6-8-17-12)19-14-5-1-3-11-4-2-7-18-15(11)14/h1-9H,10H2. The molecule has 2 aromatic heterocycles. The van der Waals surface area contributed by atoms with Gasteiger partial charge in [0.15, 0.2) is 5.75 Å². The quantitative estimate of drug-likeness (QED) is 0.670. The Kier molecular flexibility index (Phi) is 3.29. The summed E-state index contributed by atoms with van der Waals surface area (Å²) in [5.41, 5.74) is 1.63. The first kappa shape index (κ1) is 11.9. The number of rotatable bonds is 3. The zero-order chi connectivity index (χ0) is 13.1. The van der Waals surface area contributed by atoms with Crippen LogP contribution < -0.4 is 4.74 Å². The zero-order valence-electron chi connectivity index (χ0n) is 10.1. The number of halogens is 1. The molecule has 0 fully saturated rings. The molecule has 0 atom stereocenters. The molecule has 4 heteroatoms. The van der Waals surface area contributed by atoms with E-state index in [0.29, 0.717) is 11.6 Å². The first-order valence-electron chi connectivity index (χ1n) is 5.89. The Hall–Kier alpha value is -2.13. The third-order valence-corrected chi connectivity index (χ3v) is 3.02. The topological polar surface area (TPSA) is 35.0 Å². The van der Waals surface area contributed by atoms with Crippen molar-refractivity contribution in [2.45, 2.75) is 5.88 Å². The molecule has 2 heterocycles. The Labute approximate surface area is 115 Å². The van der Waals surface area contributed by atoms with Crippen molar-refractivity contribution in [1.82, 2.24) is 9.97 Å². The van der Waals surface area contributed by atoms with Crippen molar-refractivity contribution in [1.29, 1.82) is 0 Å². The number of fused-ring (bicyclic) bond motifs is 1. The van der Waals surface area contributed by atoms with Crippen molar-refractivity contribution in [3.05, 3.63) is 60.6 Å². The molecule has 3 nitrogen and oxygen atoms in total. The smallest absolute Gasteiger partial charge is 0.153 e. The maximum absolute atomic E-state index is 5.87. The molecule has 0 aliphatic rings. The molecule has 3 rings (SSSR count). The van der Waals surface area contributed by atoms with Gasteiger partial charge in [0.25, 0.3) is 0 Å². The second-order valence-corrected chi connectivity index (χ2v) is 4.32. The predicted octanol–water partition coefficient (Wildman–Crippen LogP) is 4.16. The van der Waals surface area contributed by atoms with Gasteiger partial charge in [-0.3, -0.25) is 9.97 Å². The van der Waals surface area contributed by atoms with Gasteiger partial charge in [-0.1, -0.05) is 18.2 Å². The normalized spacial score (nSPS) is 10.6. The van der Waals surface area contributed by atoms with Gasteiger partial charge in [0.05, 0.1) is 11.6 Å². The Balaban J connectivity index is 2.01. The highest BCUT2D eigenvalue weighted by Gasteiger charge is 2.04. The van der Waals surface area contributed by atoms with Gasteiger partial charge in [0, 0.05) is 23.8 Å². The number of para-hydroxylation sites is 1. The van der Waals surface area contributed by atoms with Crippen LogP contribution in [0.4, 0.5) is 0 Å². The minimum Gasteiger partial charge on any atom is -0.455 e. The molecule has 3 aromatic rings. The monoisotopic (exact) mass is 270 g/mol. The van der Waals surface area contributed by atoms with E-state index < -0.39 is 0 Å². The molecule has 94 valence electrons. The summed E-state index contributed by atoms with van der Waals surface area (Å²) >= 11 is 5.77. The number of aromatic nitrogens is 2. The summed E-state index contributed by atoms with van der Waals surface area (Å²) in [4.78, 5) is 8.49. The van der Waals surface area contributed by atoms with Crippen molar-refractivity contribution in [3.8, 4) is 11.5 Å². The van der Waals surface area contributed by atoms with Crippen molar-refractivity contribution >= 4 is 22.5 Å². The number of alkyl halides is 1. The first-order valence-corrected chi connectivity index (χ1v) is 6.43. The van der Waals surface area contributed by atoms with E-state index in [1.54, 1.807) is 18.5 Å². The van der Waals surface area contributed by atoms with Crippen LogP contribution in [0.2, 0.25) is 0 Å². The van der Waals surface area contributed by atoms with Crippen LogP contribution in [0.25, 0.3) is 10.9 Å². The second kappa shape index (κ2) is 5.24. The fourth-order valence-corrected chi connectivity index (χ4v) is 2.02. The number of benzene rings is 1. The fraction of sp³-hybridized carbons (Fsp3) is 0.0667. The number of ether oxygens (including phenoxy) is 1. The number of hydrogen-bond acceptors (Lipinski definition) is 3. The lowest BCUT2D eigenvalue weighted by molar-refractivity contribution is 0.486. The SMILES string of the molecule is ClCc1cc(Oc2cccc3cccnc23)ccn1. The van der Waals surface area contributed by atoms with Gasteiger partial charge < -0.3 is 4.74 Å². The van der Waals surface area contributed by atoms with Crippen molar-refractivity contribution in [2.24, 2.45) is 0 Å². The molecule has 0 N–H and O–H groups in total. The van der Waals surface area contributed by atoms with Crippen molar-refractivity contribution < 1.29 is 4.74 Å². The minimum atomic E-state index is 0.366. The third-order valence-electron chi connectivity index (χ3n) is 2.75. The zero-order valence-corrected chi connectivity index (χ0v) is 10.8. The molecule has 0 saturated carbocycles. The second-order valence-electron chi connectivity index (χ2n) is 4.05. The largest absolute Gasteiger partial charge is 0.455 e. The van der Waals surface area contributed by atoms with Gasteiger partial charge in [0.1, 0.15) is 11.3 Å². The predicted molar refractivity (Wildman–Crippen MR) is 75.6 cm³/mol. The summed E-state index contributed by atoms with van der Waals surface area (Å²) in [6.45, 7) is 0. The van der Waals surface area contributed by atoms with Crippen LogP contribution in [0.3, 0.4) is 0 Å². The lowest BCUT2D eigenvalue weighted by atomic mass is 10.2. The van der Waals surface area contributed by atoms with E-state index in [9.17, 15) is 0 Å². The van der Waals surface area contributed by atoms with E-state index in [1.165, 1.54) is 0 Å². The van der Waals surface area contributed by atoms with Crippen LogP contribution in [0.1, 0.15) is 5.69 Å². The van der Waals surface area contributed by atoms with E-state index in [2.05, 4.69) is 9.97 Å². The van der Waals surface area contributed by atoms with Crippen LogP contribution in [-0.4, -0.2) is 9.97 Å². The Bertz CT molecular complexity index is 710. The van der Waals surface area contributed by atoms with E-state index in [1.807, 2.05) is 36.4 Å². The highest BCUT2D eigenvalue weighted by molar-refractivity contribution is 6.16. The van der Waals surface area contributed by atoms with E-state index in [4.69, 9.17) is 16.3 Å². The average Bonchev–Trinajstić information content (AvgIpc) is 2.48. The Morgan fingerprint density at radius 1 is 1.00 bits per heavy atom. The van der Waals surface area contributed by atoms with Gasteiger partial charge in [-0.2, -0.15) is 0 Å². The molecular formula is C15H11ClN2O. The van der Waals surface area contributed by atoms with E-state index in [-0.39, 0.29) is 0 Å². The van der Waals surface area contributed by atoms with Crippen molar-refractivity contribution in [3.63, 3.8) is 0 Å². The molecule has 0 unspecified atom stereocenters. The molecular weight excluding hydrogens is 260 g/mol. The molecule has 0 aliphatic carbocycles. The highest BCUT2D eigenvalue weighted by atomic mass is 35.5. The lowest BCUT2D eigenvalue weighted by Crippen LogP contribution is -1.90. The molecule has 1 aromatic carbocycles. The van der Waals surface area contributed by atoms with Crippen molar-refractivity contribution in [2.75, 3.05) is 0 Å². The summed E-state index contributed by atoms with van der Waals surface area (Å²) in [5, 5.41) is 1.05. The van der Waals surface area contributed by atoms with Gasteiger partial charge in [-0.15, -0.1) is 11.6 Å². The van der Waals surface area contributed by atoms with Crippen LogP contribution in [0.5, 0.6) is 11.5 Å². The first-order chi connectivity index (χ1) is 9.36. The third kappa shape index (κ3) is 2.51. The number of hydrogen-bond donors (Lipinski definition) is 0. The van der Waals surface area contributed by atoms with Gasteiger partial charge >= 0.3 is 0 Å².